The highest BCUT2D eigenvalue weighted by Crippen LogP contribution is 2.30. The molecule has 2 atom stereocenters. The lowest BCUT2D eigenvalue weighted by Crippen LogP contribution is -2.29. The third kappa shape index (κ3) is 3.19. The Kier molecular flexibility index (Phi) is 4.53. The number of benzene rings is 1. The number of ether oxygens (including phenoxy) is 1. The number of hydrogen-bond donors (Lipinski definition) is 1. The number of thioether (sulfide) groups is 1. The topological polar surface area (TPSA) is 46.5 Å². The third-order valence-electron chi connectivity index (χ3n) is 3.36. The van der Waals surface area contributed by atoms with Gasteiger partial charge in [-0.1, -0.05) is 18.2 Å². The average molecular weight is 266 g/mol. The second-order valence-corrected chi connectivity index (χ2v) is 5.79. The van der Waals surface area contributed by atoms with E-state index >= 15 is 0 Å². The second-order valence-electron chi connectivity index (χ2n) is 4.64. The SMILES string of the molecule is Cc1ccccc1OCC(C(=O)O)C1CCSC1. The number of para-hydroxylation sites is 1. The molecule has 3 nitrogen and oxygen atoms in total. The predicted octanol–water partition coefficient (Wildman–Crippen LogP) is 2.83. The number of aryl methyl sites for hydroxylation is 1. The molecule has 98 valence electrons. The number of hydrogen-bond acceptors (Lipinski definition) is 3. The minimum absolute atomic E-state index is 0.247. The highest BCUT2D eigenvalue weighted by Gasteiger charge is 2.31. The molecule has 1 heterocycles. The molecule has 1 aliphatic rings. The normalized spacial score (nSPS) is 20.6. The summed E-state index contributed by atoms with van der Waals surface area (Å²) in [6.07, 6.45) is 0.985. The Morgan fingerprint density at radius 3 is 2.94 bits per heavy atom. The average Bonchev–Trinajstić information content (AvgIpc) is 2.85. The van der Waals surface area contributed by atoms with Crippen LogP contribution < -0.4 is 4.74 Å². The van der Waals surface area contributed by atoms with Gasteiger partial charge in [-0.15, -0.1) is 0 Å². The summed E-state index contributed by atoms with van der Waals surface area (Å²) < 4.78 is 5.68. The molecule has 0 amide bonds. The van der Waals surface area contributed by atoms with Gasteiger partial charge in [0.05, 0.1) is 5.92 Å². The highest BCUT2D eigenvalue weighted by molar-refractivity contribution is 7.99. The Bertz CT molecular complexity index is 413. The van der Waals surface area contributed by atoms with Crippen molar-refractivity contribution in [3.63, 3.8) is 0 Å². The Morgan fingerprint density at radius 2 is 2.33 bits per heavy atom. The van der Waals surface area contributed by atoms with E-state index in [1.807, 2.05) is 43.0 Å². The number of carboxylic acids is 1. The summed E-state index contributed by atoms with van der Waals surface area (Å²) in [4.78, 5) is 11.3. The van der Waals surface area contributed by atoms with Crippen molar-refractivity contribution < 1.29 is 14.6 Å². The van der Waals surface area contributed by atoms with E-state index in [4.69, 9.17) is 4.74 Å². The fourth-order valence-corrected chi connectivity index (χ4v) is 3.51. The van der Waals surface area contributed by atoms with Gasteiger partial charge in [0, 0.05) is 0 Å². The first-order valence-electron chi connectivity index (χ1n) is 6.17. The molecule has 0 spiro atoms. The van der Waals surface area contributed by atoms with Crippen molar-refractivity contribution in [3.8, 4) is 5.75 Å². The molecule has 0 radical (unpaired) electrons. The van der Waals surface area contributed by atoms with Crippen molar-refractivity contribution >= 4 is 17.7 Å². The Hall–Kier alpha value is -1.16. The van der Waals surface area contributed by atoms with E-state index in [9.17, 15) is 9.90 Å². The third-order valence-corrected chi connectivity index (χ3v) is 4.55. The van der Waals surface area contributed by atoms with Gasteiger partial charge in [0.2, 0.25) is 0 Å². The molecule has 0 bridgehead atoms. The number of carboxylic acid groups (broad SMARTS) is 1. The van der Waals surface area contributed by atoms with Gasteiger partial charge in [-0.2, -0.15) is 11.8 Å². The summed E-state index contributed by atoms with van der Waals surface area (Å²) in [6.45, 7) is 2.24. The Labute approximate surface area is 112 Å². The van der Waals surface area contributed by atoms with Gasteiger partial charge in [-0.25, -0.2) is 0 Å². The lowest BCUT2D eigenvalue weighted by Gasteiger charge is -2.19. The minimum Gasteiger partial charge on any atom is -0.492 e. The van der Waals surface area contributed by atoms with Crippen LogP contribution in [0.1, 0.15) is 12.0 Å². The van der Waals surface area contributed by atoms with Gasteiger partial charge in [0.1, 0.15) is 12.4 Å². The fraction of sp³-hybridized carbons (Fsp3) is 0.500. The summed E-state index contributed by atoms with van der Waals surface area (Å²) in [5.74, 6) is 1.91. The summed E-state index contributed by atoms with van der Waals surface area (Å²) in [7, 11) is 0. The zero-order chi connectivity index (χ0) is 13.0. The molecule has 1 aliphatic heterocycles. The van der Waals surface area contributed by atoms with Gasteiger partial charge >= 0.3 is 5.97 Å². The van der Waals surface area contributed by atoms with E-state index in [2.05, 4.69) is 0 Å². The van der Waals surface area contributed by atoms with Gasteiger partial charge in [0.25, 0.3) is 0 Å². The first-order valence-corrected chi connectivity index (χ1v) is 7.33. The molecule has 18 heavy (non-hydrogen) atoms. The van der Waals surface area contributed by atoms with Crippen LogP contribution >= 0.6 is 11.8 Å². The van der Waals surface area contributed by atoms with E-state index in [-0.39, 0.29) is 18.4 Å². The molecular weight excluding hydrogens is 248 g/mol. The smallest absolute Gasteiger partial charge is 0.310 e. The lowest BCUT2D eigenvalue weighted by atomic mass is 9.92. The van der Waals surface area contributed by atoms with Crippen LogP contribution in [0.2, 0.25) is 0 Å². The lowest BCUT2D eigenvalue weighted by molar-refractivity contribution is -0.144. The van der Waals surface area contributed by atoms with Gasteiger partial charge < -0.3 is 9.84 Å². The molecule has 0 saturated carbocycles. The maximum Gasteiger partial charge on any atom is 0.310 e. The highest BCUT2D eigenvalue weighted by atomic mass is 32.2. The zero-order valence-electron chi connectivity index (χ0n) is 10.5. The fourth-order valence-electron chi connectivity index (χ4n) is 2.18. The molecule has 0 aliphatic carbocycles. The molecular formula is C14H18O3S. The van der Waals surface area contributed by atoms with Crippen molar-refractivity contribution in [1.29, 1.82) is 0 Å². The largest absolute Gasteiger partial charge is 0.492 e. The minimum atomic E-state index is -0.740. The van der Waals surface area contributed by atoms with Crippen LogP contribution in [-0.2, 0) is 4.79 Å². The van der Waals surface area contributed by atoms with Crippen LogP contribution in [0.4, 0.5) is 0 Å². The molecule has 1 saturated heterocycles. The van der Waals surface area contributed by atoms with Crippen LogP contribution in [0.15, 0.2) is 24.3 Å². The maximum atomic E-state index is 11.3. The van der Waals surface area contributed by atoms with Crippen LogP contribution in [0, 0.1) is 18.8 Å². The van der Waals surface area contributed by atoms with Crippen LogP contribution in [-0.4, -0.2) is 29.2 Å². The number of rotatable bonds is 5. The molecule has 2 rings (SSSR count). The Morgan fingerprint density at radius 1 is 1.56 bits per heavy atom. The van der Waals surface area contributed by atoms with Crippen LogP contribution in [0.3, 0.4) is 0 Å². The molecule has 1 N–H and O–H groups in total. The maximum absolute atomic E-state index is 11.3. The summed E-state index contributed by atoms with van der Waals surface area (Å²) in [5.41, 5.74) is 1.04. The molecule has 2 unspecified atom stereocenters. The van der Waals surface area contributed by atoms with E-state index < -0.39 is 5.97 Å². The molecule has 1 fully saturated rings. The van der Waals surface area contributed by atoms with E-state index in [0.29, 0.717) is 0 Å². The van der Waals surface area contributed by atoms with Gasteiger partial charge in [-0.05, 0) is 42.4 Å². The molecule has 1 aromatic rings. The van der Waals surface area contributed by atoms with Crippen molar-refractivity contribution in [3.05, 3.63) is 29.8 Å². The van der Waals surface area contributed by atoms with Crippen LogP contribution in [0.5, 0.6) is 5.75 Å². The zero-order valence-corrected chi connectivity index (χ0v) is 11.3. The van der Waals surface area contributed by atoms with Gasteiger partial charge in [0.15, 0.2) is 0 Å². The second kappa shape index (κ2) is 6.14. The first kappa shape index (κ1) is 13.3. The molecule has 1 aromatic carbocycles. The van der Waals surface area contributed by atoms with Crippen molar-refractivity contribution in [1.82, 2.24) is 0 Å². The molecule has 4 heteroatoms. The summed E-state index contributed by atoms with van der Waals surface area (Å²) >= 11 is 1.83. The predicted molar refractivity (Wildman–Crippen MR) is 73.2 cm³/mol. The van der Waals surface area contributed by atoms with Crippen molar-refractivity contribution in [2.75, 3.05) is 18.1 Å². The summed E-state index contributed by atoms with van der Waals surface area (Å²) in [5, 5.41) is 9.29. The van der Waals surface area contributed by atoms with Crippen LogP contribution in [0.25, 0.3) is 0 Å². The molecule has 0 aromatic heterocycles. The number of carbonyl (C=O) groups is 1. The monoisotopic (exact) mass is 266 g/mol. The van der Waals surface area contributed by atoms with Crippen molar-refractivity contribution in [2.24, 2.45) is 11.8 Å². The van der Waals surface area contributed by atoms with E-state index in [1.165, 1.54) is 0 Å². The van der Waals surface area contributed by atoms with Crippen molar-refractivity contribution in [2.45, 2.75) is 13.3 Å². The van der Waals surface area contributed by atoms with Gasteiger partial charge in [-0.3, -0.25) is 4.79 Å². The number of aliphatic carboxylic acids is 1. The Balaban J connectivity index is 1.97. The van der Waals surface area contributed by atoms with E-state index in [1.54, 1.807) is 0 Å². The standard InChI is InChI=1S/C14H18O3S/c1-10-4-2-3-5-13(10)17-8-12(14(15)16)11-6-7-18-9-11/h2-5,11-12H,6-9H2,1H3,(H,15,16). The van der Waals surface area contributed by atoms with E-state index in [0.717, 1.165) is 29.2 Å². The summed E-state index contributed by atoms with van der Waals surface area (Å²) in [6, 6.07) is 7.71. The first-order chi connectivity index (χ1) is 8.68. The quantitative estimate of drug-likeness (QED) is 0.890.